The van der Waals surface area contributed by atoms with Crippen LogP contribution in [0.25, 0.3) is 0 Å². The normalized spacial score (nSPS) is 11.0. The summed E-state index contributed by atoms with van der Waals surface area (Å²) in [6, 6.07) is 5.51. The van der Waals surface area contributed by atoms with Crippen molar-refractivity contribution >= 4 is 0 Å². The van der Waals surface area contributed by atoms with Crippen LogP contribution < -0.4 is 4.74 Å². The van der Waals surface area contributed by atoms with Crippen LogP contribution in [-0.2, 0) is 0 Å². The highest BCUT2D eigenvalue weighted by atomic mass is 16.5. The number of ether oxygens (including phenoxy) is 1. The van der Waals surface area contributed by atoms with Crippen LogP contribution in [0, 0.1) is 0 Å². The van der Waals surface area contributed by atoms with E-state index in [1.165, 1.54) is 5.56 Å². The van der Waals surface area contributed by atoms with Crippen LogP contribution in [0.3, 0.4) is 0 Å². The fourth-order valence-corrected chi connectivity index (χ4v) is 1.24. The molecule has 1 rings (SSSR count). The Balaban J connectivity index is 2.96. The molecule has 1 N–H and O–H groups in total. The molecule has 0 amide bonds. The number of rotatable bonds is 3. The summed E-state index contributed by atoms with van der Waals surface area (Å²) in [7, 11) is 0. The Morgan fingerprint density at radius 3 is 2.29 bits per heavy atom. The molecule has 0 radical (unpaired) electrons. The molecule has 0 aliphatic rings. The van der Waals surface area contributed by atoms with Crippen molar-refractivity contribution in [2.45, 2.75) is 39.7 Å². The lowest BCUT2D eigenvalue weighted by Gasteiger charge is -2.13. The highest BCUT2D eigenvalue weighted by Crippen LogP contribution is 2.30. The zero-order valence-electron chi connectivity index (χ0n) is 9.24. The fraction of sp³-hybridized carbons (Fsp3) is 0.500. The Labute approximate surface area is 85.5 Å². The average molecular weight is 194 g/mol. The molecular formula is C12H18O2. The molecule has 0 saturated carbocycles. The molecule has 0 unspecified atom stereocenters. The molecule has 14 heavy (non-hydrogen) atoms. The molecule has 0 fully saturated rings. The van der Waals surface area contributed by atoms with E-state index in [0.717, 1.165) is 0 Å². The monoisotopic (exact) mass is 194 g/mol. The van der Waals surface area contributed by atoms with Gasteiger partial charge < -0.3 is 9.84 Å². The minimum absolute atomic E-state index is 0.0864. The summed E-state index contributed by atoms with van der Waals surface area (Å²) in [5, 5.41) is 9.54. The van der Waals surface area contributed by atoms with Crippen molar-refractivity contribution in [1.29, 1.82) is 0 Å². The Kier molecular flexibility index (Phi) is 3.39. The first-order valence-electron chi connectivity index (χ1n) is 5.00. The lowest BCUT2D eigenvalue weighted by molar-refractivity contribution is 0.231. The number of hydrogen-bond donors (Lipinski definition) is 1. The zero-order chi connectivity index (χ0) is 10.7. The maximum Gasteiger partial charge on any atom is 0.161 e. The van der Waals surface area contributed by atoms with Crippen LogP contribution in [0.5, 0.6) is 11.5 Å². The molecule has 2 nitrogen and oxygen atoms in total. The van der Waals surface area contributed by atoms with Crippen molar-refractivity contribution in [2.75, 3.05) is 0 Å². The third-order valence-electron chi connectivity index (χ3n) is 2.01. The van der Waals surface area contributed by atoms with Crippen molar-refractivity contribution < 1.29 is 9.84 Å². The van der Waals surface area contributed by atoms with E-state index in [9.17, 15) is 5.11 Å². The predicted molar refractivity (Wildman–Crippen MR) is 58.0 cm³/mol. The SMILES string of the molecule is CC(C)Oc1cc(C(C)C)ccc1O. The molecule has 1 aromatic rings. The van der Waals surface area contributed by atoms with Gasteiger partial charge in [0.05, 0.1) is 6.10 Å². The van der Waals surface area contributed by atoms with Gasteiger partial charge in [-0.05, 0) is 37.5 Å². The zero-order valence-corrected chi connectivity index (χ0v) is 9.24. The molecule has 0 aromatic heterocycles. The first-order valence-corrected chi connectivity index (χ1v) is 5.00. The quantitative estimate of drug-likeness (QED) is 0.800. The summed E-state index contributed by atoms with van der Waals surface area (Å²) in [6.07, 6.45) is 0.0864. The minimum atomic E-state index is 0.0864. The molecule has 0 bridgehead atoms. The first-order chi connectivity index (χ1) is 6.50. The topological polar surface area (TPSA) is 29.5 Å². The molecule has 1 aromatic carbocycles. The van der Waals surface area contributed by atoms with Gasteiger partial charge in [0.15, 0.2) is 11.5 Å². The van der Waals surface area contributed by atoms with Gasteiger partial charge in [0.1, 0.15) is 0 Å². The molecule has 0 atom stereocenters. The van der Waals surface area contributed by atoms with Gasteiger partial charge in [-0.1, -0.05) is 19.9 Å². The molecule has 0 saturated heterocycles. The molecule has 78 valence electrons. The van der Waals surface area contributed by atoms with Gasteiger partial charge >= 0.3 is 0 Å². The standard InChI is InChI=1S/C12H18O2/c1-8(2)10-5-6-11(13)12(7-10)14-9(3)4/h5-9,13H,1-4H3. The summed E-state index contributed by atoms with van der Waals surface area (Å²) in [5.74, 6) is 1.24. The smallest absolute Gasteiger partial charge is 0.161 e. The molecular weight excluding hydrogens is 176 g/mol. The van der Waals surface area contributed by atoms with E-state index in [1.807, 2.05) is 26.0 Å². The lowest BCUT2D eigenvalue weighted by Crippen LogP contribution is -2.06. The third kappa shape index (κ3) is 2.66. The second-order valence-electron chi connectivity index (χ2n) is 4.05. The first kappa shape index (κ1) is 10.9. The number of phenolic OH excluding ortho intramolecular Hbond substituents is 1. The highest BCUT2D eigenvalue weighted by molar-refractivity contribution is 5.42. The van der Waals surface area contributed by atoms with Crippen LogP contribution in [0.4, 0.5) is 0 Å². The van der Waals surface area contributed by atoms with Gasteiger partial charge in [0.25, 0.3) is 0 Å². The van der Waals surface area contributed by atoms with Crippen molar-refractivity contribution in [1.82, 2.24) is 0 Å². The number of aromatic hydroxyl groups is 1. The van der Waals surface area contributed by atoms with Gasteiger partial charge in [-0.2, -0.15) is 0 Å². The maximum atomic E-state index is 9.54. The third-order valence-corrected chi connectivity index (χ3v) is 2.01. The second-order valence-corrected chi connectivity index (χ2v) is 4.05. The maximum absolute atomic E-state index is 9.54. The Bertz CT molecular complexity index is 303. The van der Waals surface area contributed by atoms with Gasteiger partial charge in [0, 0.05) is 0 Å². The van der Waals surface area contributed by atoms with Gasteiger partial charge in [-0.15, -0.1) is 0 Å². The van der Waals surface area contributed by atoms with Gasteiger partial charge in [-0.3, -0.25) is 0 Å². The van der Waals surface area contributed by atoms with Crippen molar-refractivity contribution in [3.8, 4) is 11.5 Å². The highest BCUT2D eigenvalue weighted by Gasteiger charge is 2.07. The second kappa shape index (κ2) is 4.36. The summed E-state index contributed by atoms with van der Waals surface area (Å²) in [5.41, 5.74) is 1.18. The van der Waals surface area contributed by atoms with Crippen molar-refractivity contribution in [2.24, 2.45) is 0 Å². The fourth-order valence-electron chi connectivity index (χ4n) is 1.24. The number of hydrogen-bond acceptors (Lipinski definition) is 2. The number of benzene rings is 1. The minimum Gasteiger partial charge on any atom is -0.504 e. The van der Waals surface area contributed by atoms with E-state index in [2.05, 4.69) is 13.8 Å². The molecule has 0 aliphatic heterocycles. The molecule has 0 heterocycles. The van der Waals surface area contributed by atoms with E-state index < -0.39 is 0 Å². The summed E-state index contributed by atoms with van der Waals surface area (Å²) >= 11 is 0. The predicted octanol–water partition coefficient (Wildman–Crippen LogP) is 3.30. The summed E-state index contributed by atoms with van der Waals surface area (Å²) in [4.78, 5) is 0. The Hall–Kier alpha value is -1.18. The van der Waals surface area contributed by atoms with Crippen LogP contribution in [0.1, 0.15) is 39.2 Å². The summed E-state index contributed by atoms with van der Waals surface area (Å²) in [6.45, 7) is 8.13. The molecule has 0 aliphatic carbocycles. The van der Waals surface area contributed by atoms with Crippen LogP contribution in [0.15, 0.2) is 18.2 Å². The number of phenols is 1. The van der Waals surface area contributed by atoms with Gasteiger partial charge in [-0.25, -0.2) is 0 Å². The van der Waals surface area contributed by atoms with Crippen LogP contribution >= 0.6 is 0 Å². The van der Waals surface area contributed by atoms with E-state index in [4.69, 9.17) is 4.74 Å². The lowest BCUT2D eigenvalue weighted by atomic mass is 10.0. The average Bonchev–Trinajstić information content (AvgIpc) is 2.07. The van der Waals surface area contributed by atoms with Crippen LogP contribution in [0.2, 0.25) is 0 Å². The van der Waals surface area contributed by atoms with Crippen molar-refractivity contribution in [3.63, 3.8) is 0 Å². The largest absolute Gasteiger partial charge is 0.504 e. The van der Waals surface area contributed by atoms with Crippen molar-refractivity contribution in [3.05, 3.63) is 23.8 Å². The van der Waals surface area contributed by atoms with E-state index in [-0.39, 0.29) is 11.9 Å². The van der Waals surface area contributed by atoms with E-state index >= 15 is 0 Å². The van der Waals surface area contributed by atoms with E-state index in [1.54, 1.807) is 6.07 Å². The van der Waals surface area contributed by atoms with Crippen LogP contribution in [-0.4, -0.2) is 11.2 Å². The Morgan fingerprint density at radius 2 is 1.79 bits per heavy atom. The van der Waals surface area contributed by atoms with Gasteiger partial charge in [0.2, 0.25) is 0 Å². The molecule has 0 spiro atoms. The van der Waals surface area contributed by atoms with E-state index in [0.29, 0.717) is 11.7 Å². The molecule has 2 heteroatoms. The summed E-state index contributed by atoms with van der Waals surface area (Å²) < 4.78 is 5.49. The Morgan fingerprint density at radius 1 is 1.14 bits per heavy atom.